The Balaban J connectivity index is 1.35. The first-order valence-electron chi connectivity index (χ1n) is 15.9. The number of carbonyl (C=O) groups excluding carboxylic acids is 2. The van der Waals surface area contributed by atoms with Crippen molar-refractivity contribution in [2.45, 2.75) is 19.5 Å². The first kappa shape index (κ1) is 32.1. The molecule has 2 amide bonds. The molecule has 0 bridgehead atoms. The number of para-hydroxylation sites is 2. The van der Waals surface area contributed by atoms with Crippen LogP contribution < -0.4 is 29.7 Å². The van der Waals surface area contributed by atoms with Gasteiger partial charge in [-0.25, -0.2) is 4.99 Å². The van der Waals surface area contributed by atoms with E-state index in [1.165, 1.54) is 11.3 Å². The van der Waals surface area contributed by atoms with Gasteiger partial charge in [-0.15, -0.1) is 0 Å². The minimum absolute atomic E-state index is 0.0141. The molecule has 7 rings (SSSR count). The maximum Gasteiger partial charge on any atom is 0.271 e. The molecule has 0 saturated carbocycles. The first-order chi connectivity index (χ1) is 23.9. The number of thiazole rings is 1. The predicted molar refractivity (Wildman–Crippen MR) is 188 cm³/mol. The Morgan fingerprint density at radius 3 is 2.53 bits per heavy atom. The summed E-state index contributed by atoms with van der Waals surface area (Å²) in [6.07, 6.45) is 3.75. The van der Waals surface area contributed by atoms with Crippen LogP contribution in [0.1, 0.15) is 24.1 Å². The fraction of sp³-hybridized carbons (Fsp3) is 0.243. The van der Waals surface area contributed by atoms with Crippen LogP contribution in [0.15, 0.2) is 100 Å². The van der Waals surface area contributed by atoms with Gasteiger partial charge in [-0.3, -0.25) is 19.0 Å². The van der Waals surface area contributed by atoms with Gasteiger partial charge in [-0.2, -0.15) is 0 Å². The molecule has 0 unspecified atom stereocenters. The number of rotatable bonds is 8. The number of amides is 2. The van der Waals surface area contributed by atoms with E-state index in [1.807, 2.05) is 70.3 Å². The Kier molecular flexibility index (Phi) is 8.89. The summed E-state index contributed by atoms with van der Waals surface area (Å²) in [5.41, 5.74) is 3.43. The van der Waals surface area contributed by atoms with Crippen LogP contribution in [0.4, 0.5) is 5.69 Å². The fourth-order valence-electron chi connectivity index (χ4n) is 6.39. The van der Waals surface area contributed by atoms with Crippen LogP contribution in [0.5, 0.6) is 11.5 Å². The van der Waals surface area contributed by atoms with Gasteiger partial charge < -0.3 is 29.0 Å². The maximum absolute atomic E-state index is 14.5. The SMILES string of the molecule is COc1ccc([C@@H]2C(C(=O)Nc3ccccc3)=C(C)N=c3s/c(=C/c4cn(CC(=O)N5CCOCC5)c5ccccc45)c(=O)n32)c(OC)c1. The number of morpholine rings is 1. The van der Waals surface area contributed by atoms with Gasteiger partial charge in [0.25, 0.3) is 11.5 Å². The quantitative estimate of drug-likeness (QED) is 0.268. The number of nitrogens with zero attached hydrogens (tertiary/aromatic N) is 4. The van der Waals surface area contributed by atoms with Crippen molar-refractivity contribution in [1.29, 1.82) is 0 Å². The Labute approximate surface area is 286 Å². The molecule has 0 spiro atoms. The number of nitrogens with one attached hydrogen (secondary N) is 1. The van der Waals surface area contributed by atoms with E-state index in [0.717, 1.165) is 16.5 Å². The summed E-state index contributed by atoms with van der Waals surface area (Å²) >= 11 is 1.25. The Morgan fingerprint density at radius 1 is 1.02 bits per heavy atom. The summed E-state index contributed by atoms with van der Waals surface area (Å²) in [6, 6.07) is 21.5. The third-order valence-electron chi connectivity index (χ3n) is 8.81. The second-order valence-corrected chi connectivity index (χ2v) is 12.7. The van der Waals surface area contributed by atoms with Crippen molar-refractivity contribution < 1.29 is 23.8 Å². The second-order valence-electron chi connectivity index (χ2n) is 11.7. The van der Waals surface area contributed by atoms with E-state index in [-0.39, 0.29) is 23.9 Å². The molecule has 4 heterocycles. The van der Waals surface area contributed by atoms with Gasteiger partial charge in [0.1, 0.15) is 24.1 Å². The highest BCUT2D eigenvalue weighted by molar-refractivity contribution is 7.07. The number of ether oxygens (including phenoxy) is 3. The topological polar surface area (TPSA) is 116 Å². The van der Waals surface area contributed by atoms with E-state index < -0.39 is 6.04 Å². The molecule has 3 aromatic carbocycles. The number of anilines is 1. The van der Waals surface area contributed by atoms with Gasteiger partial charge in [0, 0.05) is 53.1 Å². The molecule has 12 heteroatoms. The van der Waals surface area contributed by atoms with E-state index in [2.05, 4.69) is 5.32 Å². The van der Waals surface area contributed by atoms with E-state index in [9.17, 15) is 14.4 Å². The van der Waals surface area contributed by atoms with E-state index in [1.54, 1.807) is 50.0 Å². The third kappa shape index (κ3) is 6.16. The minimum atomic E-state index is -0.838. The molecule has 1 saturated heterocycles. The molecular formula is C37H35N5O6S. The fourth-order valence-corrected chi connectivity index (χ4v) is 7.43. The molecule has 2 aliphatic rings. The normalized spacial score (nSPS) is 16.3. The van der Waals surface area contributed by atoms with Crippen LogP contribution in [-0.2, 0) is 20.9 Å². The highest BCUT2D eigenvalue weighted by Crippen LogP contribution is 2.37. The molecule has 2 aromatic heterocycles. The largest absolute Gasteiger partial charge is 0.497 e. The average Bonchev–Trinajstić information content (AvgIpc) is 3.63. The second kappa shape index (κ2) is 13.6. The predicted octanol–water partition coefficient (Wildman–Crippen LogP) is 3.70. The number of allylic oxidation sites excluding steroid dienone is 1. The summed E-state index contributed by atoms with van der Waals surface area (Å²) < 4.78 is 20.6. The lowest BCUT2D eigenvalue weighted by molar-refractivity contribution is -0.135. The number of hydrogen-bond acceptors (Lipinski definition) is 8. The number of fused-ring (bicyclic) bond motifs is 2. The van der Waals surface area contributed by atoms with Gasteiger partial charge in [0.15, 0.2) is 4.80 Å². The van der Waals surface area contributed by atoms with Gasteiger partial charge in [0.2, 0.25) is 5.91 Å². The lowest BCUT2D eigenvalue weighted by Gasteiger charge is -2.27. The van der Waals surface area contributed by atoms with Crippen LogP contribution in [-0.4, -0.2) is 66.4 Å². The number of benzene rings is 3. The Hall–Kier alpha value is -5.46. The molecule has 0 aliphatic carbocycles. The Morgan fingerprint density at radius 2 is 1.78 bits per heavy atom. The molecule has 0 radical (unpaired) electrons. The smallest absolute Gasteiger partial charge is 0.271 e. The van der Waals surface area contributed by atoms with E-state index in [4.69, 9.17) is 19.2 Å². The molecule has 250 valence electrons. The zero-order chi connectivity index (χ0) is 34.1. The highest BCUT2D eigenvalue weighted by atomic mass is 32.1. The molecule has 1 atom stereocenters. The summed E-state index contributed by atoms with van der Waals surface area (Å²) in [7, 11) is 3.11. The molecule has 5 aromatic rings. The maximum atomic E-state index is 14.5. The summed E-state index contributed by atoms with van der Waals surface area (Å²) in [4.78, 5) is 48.7. The lowest BCUT2D eigenvalue weighted by Crippen LogP contribution is -2.42. The van der Waals surface area contributed by atoms with Crippen LogP contribution in [0.2, 0.25) is 0 Å². The molecule has 11 nitrogen and oxygen atoms in total. The molecule has 1 N–H and O–H groups in total. The number of methoxy groups -OCH3 is 2. The number of hydrogen-bond donors (Lipinski definition) is 1. The lowest BCUT2D eigenvalue weighted by atomic mass is 9.94. The van der Waals surface area contributed by atoms with Crippen molar-refractivity contribution in [2.75, 3.05) is 45.8 Å². The standard InChI is InChI=1S/C37H35N5O6S/c1-23-33(35(44)39-25-9-5-4-6-10-25)34(28-14-13-26(46-2)20-30(28)47-3)42-36(45)31(49-37(42)38-23)19-24-21-41(29-12-8-7-11-27(24)29)22-32(43)40-15-17-48-18-16-40/h4-14,19-21,34H,15-18,22H2,1-3H3,(H,39,44)/b31-19+/t34-/m1/s1. The third-order valence-corrected chi connectivity index (χ3v) is 9.79. The molecule has 49 heavy (non-hydrogen) atoms. The summed E-state index contributed by atoms with van der Waals surface area (Å²) in [5, 5.41) is 3.89. The zero-order valence-electron chi connectivity index (χ0n) is 27.3. The van der Waals surface area contributed by atoms with Gasteiger partial charge in [-0.05, 0) is 43.3 Å². The van der Waals surface area contributed by atoms with Gasteiger partial charge in [0.05, 0.1) is 43.2 Å². The van der Waals surface area contributed by atoms with E-state index in [0.29, 0.717) is 69.7 Å². The van der Waals surface area contributed by atoms with Gasteiger partial charge >= 0.3 is 0 Å². The van der Waals surface area contributed by atoms with Crippen LogP contribution in [0, 0.1) is 0 Å². The van der Waals surface area contributed by atoms with Crippen LogP contribution in [0.3, 0.4) is 0 Å². The Bertz CT molecular complexity index is 2280. The minimum Gasteiger partial charge on any atom is -0.497 e. The van der Waals surface area contributed by atoms with Crippen molar-refractivity contribution >= 4 is 45.8 Å². The average molecular weight is 678 g/mol. The van der Waals surface area contributed by atoms with Crippen molar-refractivity contribution in [3.63, 3.8) is 0 Å². The number of carbonyl (C=O) groups is 2. The van der Waals surface area contributed by atoms with Crippen LogP contribution >= 0.6 is 11.3 Å². The van der Waals surface area contributed by atoms with Crippen molar-refractivity contribution in [2.24, 2.45) is 4.99 Å². The molecular weight excluding hydrogens is 643 g/mol. The van der Waals surface area contributed by atoms with Crippen molar-refractivity contribution in [3.05, 3.63) is 121 Å². The van der Waals surface area contributed by atoms with Crippen molar-refractivity contribution in [3.8, 4) is 11.5 Å². The zero-order valence-corrected chi connectivity index (χ0v) is 28.2. The van der Waals surface area contributed by atoms with Crippen molar-refractivity contribution in [1.82, 2.24) is 14.0 Å². The van der Waals surface area contributed by atoms with Crippen LogP contribution in [0.25, 0.3) is 17.0 Å². The number of aromatic nitrogens is 2. The highest BCUT2D eigenvalue weighted by Gasteiger charge is 2.34. The first-order valence-corrected chi connectivity index (χ1v) is 16.7. The summed E-state index contributed by atoms with van der Waals surface area (Å²) in [5.74, 6) is 0.678. The molecule has 2 aliphatic heterocycles. The molecule has 1 fully saturated rings. The van der Waals surface area contributed by atoms with E-state index >= 15 is 0 Å². The monoisotopic (exact) mass is 677 g/mol. The van der Waals surface area contributed by atoms with Gasteiger partial charge in [-0.1, -0.05) is 47.7 Å². The summed E-state index contributed by atoms with van der Waals surface area (Å²) in [6.45, 7) is 4.14.